The molecule has 0 saturated carbocycles. The van der Waals surface area contributed by atoms with Crippen LogP contribution in [0.5, 0.6) is 17.2 Å². The topological polar surface area (TPSA) is 161 Å². The normalized spacial score (nSPS) is 16.8. The molecule has 0 bridgehead atoms. The van der Waals surface area contributed by atoms with Crippen LogP contribution in [0.15, 0.2) is 188 Å². The number of rotatable bonds is 6. The van der Waals surface area contributed by atoms with Gasteiger partial charge < -0.3 is 37.7 Å². The summed E-state index contributed by atoms with van der Waals surface area (Å²) in [6, 6.07) is 61.3. The number of para-hydroxylation sites is 3. The molecule has 2 aliphatic heterocycles. The average molecular weight is 1150 g/mol. The van der Waals surface area contributed by atoms with Crippen LogP contribution in [0.1, 0.15) is 62.6 Å². The van der Waals surface area contributed by atoms with Crippen molar-refractivity contribution in [1.82, 2.24) is 30.0 Å². The summed E-state index contributed by atoms with van der Waals surface area (Å²) >= 11 is -2.72. The van der Waals surface area contributed by atoms with Crippen LogP contribution in [0.4, 0.5) is 0 Å². The summed E-state index contributed by atoms with van der Waals surface area (Å²) in [5, 5.41) is 29.5. The van der Waals surface area contributed by atoms with Gasteiger partial charge in [0.2, 0.25) is 0 Å². The van der Waals surface area contributed by atoms with Gasteiger partial charge in [-0.2, -0.15) is 0 Å². The molecule has 13 nitrogen and oxygen atoms in total. The van der Waals surface area contributed by atoms with Gasteiger partial charge in [0.05, 0.1) is 53.5 Å². The zero-order valence-electron chi connectivity index (χ0n) is 46.4. The van der Waals surface area contributed by atoms with Crippen molar-refractivity contribution in [1.29, 1.82) is 2.25 Å². The van der Waals surface area contributed by atoms with Gasteiger partial charge in [-0.3, -0.25) is 13.2 Å². The van der Waals surface area contributed by atoms with Crippen LogP contribution < -0.4 is 31.2 Å². The molecule has 5 atom stereocenters. The molecule has 8 aromatic carbocycles. The van der Waals surface area contributed by atoms with Crippen molar-refractivity contribution in [3.63, 3.8) is 0 Å². The number of aromatic nitrogens is 6. The van der Waals surface area contributed by atoms with E-state index in [4.69, 9.17) is 16.5 Å². The van der Waals surface area contributed by atoms with Gasteiger partial charge in [0.15, 0.2) is 5.78 Å². The molecule has 1 N–H and O–H groups in total. The van der Waals surface area contributed by atoms with E-state index in [1.54, 1.807) is 16.5 Å². The minimum absolute atomic E-state index is 0. The molecule has 12 rings (SSSR count). The summed E-state index contributed by atoms with van der Waals surface area (Å²) < 4.78 is 51.3. The maximum atomic E-state index is 13.0. The second-order valence-corrected chi connectivity index (χ2v) is 18.4. The molecule has 2 aromatic heterocycles. The third-order valence-electron chi connectivity index (χ3n) is 12.9. The Morgan fingerprint density at radius 2 is 1.08 bits per heavy atom. The summed E-state index contributed by atoms with van der Waals surface area (Å²) in [6.07, 6.45) is 2.61. The number of ketones is 1. The van der Waals surface area contributed by atoms with E-state index >= 15 is 0 Å². The van der Waals surface area contributed by atoms with Gasteiger partial charge in [-0.1, -0.05) is 142 Å². The van der Waals surface area contributed by atoms with Gasteiger partial charge in [-0.15, -0.1) is 10.2 Å². The molecule has 4 heterocycles. The first kappa shape index (κ1) is 56.3. The molecule has 0 radical (unpaired) electrons. The van der Waals surface area contributed by atoms with E-state index in [1.165, 1.54) is 23.6 Å². The second kappa shape index (κ2) is 28.0. The molecule has 0 fully saturated rings. The molecule has 392 valence electrons. The Morgan fingerprint density at radius 3 is 1.60 bits per heavy atom. The van der Waals surface area contributed by atoms with Crippen molar-refractivity contribution in [3.05, 3.63) is 233 Å². The van der Waals surface area contributed by atoms with Crippen LogP contribution in [0.25, 0.3) is 33.4 Å². The van der Waals surface area contributed by atoms with Crippen LogP contribution in [-0.4, -0.2) is 107 Å². The Morgan fingerprint density at radius 1 is 0.623 bits per heavy atom. The summed E-state index contributed by atoms with van der Waals surface area (Å²) in [5.74, 6) is 1.74. The Balaban J connectivity index is 0.000000227. The Bertz CT molecular complexity index is 3660. The van der Waals surface area contributed by atoms with Gasteiger partial charge in [-0.25, -0.2) is 9.36 Å². The van der Waals surface area contributed by atoms with E-state index in [-0.39, 0.29) is 59.1 Å². The van der Waals surface area contributed by atoms with Crippen LogP contribution in [0.2, 0.25) is 0 Å². The maximum absolute atomic E-state index is 13.0. The molecule has 0 spiro atoms. The Hall–Kier alpha value is -6.86. The van der Waals surface area contributed by atoms with E-state index in [0.717, 1.165) is 67.0 Å². The summed E-state index contributed by atoms with van der Waals surface area (Å²) in [7, 11) is 1.66. The zero-order valence-corrected chi connectivity index (χ0v) is 48.1. The standard InChI is InChI=1S/C29H25N3O2.C22H17N3O2.C7H8O.2CH4OS.BrH.Mg.H/c1-19-7-11-21(12-8-19)25-18-34-28-17-23(32-27-6-4-3-5-26(27)30-31-32)15-16-24(28)29(25,33)22-13-9-20(2)10-14-22;1-14-6-8-15(9-7-14)18-13-27-21-12-16(10-11-17(21)22(18)26)25-20-5-3-2-4-19(20)23-24-25;1-8-7-5-3-2-4-6-7;2*1-3-2;;;/h3-17,25,33H,18H2,1-2H3;2-12,18H,13H2,1H3;2-6H,1H3;2*3H,1H3;1H;;/q;;;;;;+2;-1/p-1/i;;;2*3D;;;. The average Bonchev–Trinajstić information content (AvgIpc) is 4.13. The molecule has 10 aromatic rings. The molecular formula is C60H59BrMgN6O7S2. The third kappa shape index (κ3) is 13.6. The molecular weight excluding hydrogens is 1090 g/mol. The van der Waals surface area contributed by atoms with Crippen LogP contribution >= 0.6 is 0 Å². The number of hydrogen-bond donors (Lipinski definition) is 3. The number of aryl methyl sites for hydroxylation is 3. The number of Topliss-reactive ketones (excluding diaryl/α,β-unsaturated/α-hetero) is 1. The number of halogens is 1. The number of methoxy groups -OCH3 is 1. The fraction of sp³-hybridized carbons (Fsp3) is 0.183. The van der Waals surface area contributed by atoms with Crippen molar-refractivity contribution in [3.8, 4) is 28.6 Å². The number of fused-ring (bicyclic) bond motifs is 4. The van der Waals surface area contributed by atoms with Crippen LogP contribution in [0.3, 0.4) is 0 Å². The third-order valence-corrected chi connectivity index (χ3v) is 12.9. The number of carbonyl (C=O) groups is 1. The first-order chi connectivity index (χ1) is 37.1. The predicted molar refractivity (Wildman–Crippen MR) is 306 cm³/mol. The van der Waals surface area contributed by atoms with Crippen molar-refractivity contribution in [2.45, 2.75) is 38.2 Å². The molecule has 77 heavy (non-hydrogen) atoms. The predicted octanol–water partition coefficient (Wildman–Crippen LogP) is 7.09. The molecule has 0 aliphatic carbocycles. The fourth-order valence-electron chi connectivity index (χ4n) is 8.98. The maximum Gasteiger partial charge on any atom is 2.00 e. The molecule has 5 unspecified atom stereocenters. The number of ether oxygens (including phenoxy) is 3. The minimum Gasteiger partial charge on any atom is -1.00 e. The van der Waals surface area contributed by atoms with Crippen molar-refractivity contribution >= 4 is 74.0 Å². The molecule has 0 amide bonds. The van der Waals surface area contributed by atoms with Gasteiger partial charge in [-0.05, 0) is 98.1 Å². The first-order valence-corrected chi connectivity index (χ1v) is 26.3. The summed E-state index contributed by atoms with van der Waals surface area (Å²) in [5.41, 5.74) is 11.7. The van der Waals surface area contributed by atoms with Crippen LogP contribution in [-0.2, 0) is 28.7 Å². The van der Waals surface area contributed by atoms with Gasteiger partial charge >= 0.3 is 23.1 Å². The van der Waals surface area contributed by atoms with Crippen molar-refractivity contribution < 1.29 is 50.9 Å². The van der Waals surface area contributed by atoms with Gasteiger partial charge in [0.25, 0.3) is 0 Å². The number of benzene rings is 8. The number of nitrogens with zero attached hydrogens (tertiary/aromatic N) is 6. The van der Waals surface area contributed by atoms with Gasteiger partial charge in [0.1, 0.15) is 42.7 Å². The number of thiol groups is 2. The Kier molecular flexibility index (Phi) is 20.5. The molecule has 2 aliphatic rings. The number of hydrogen-bond acceptors (Lipinski definition) is 11. The summed E-state index contributed by atoms with van der Waals surface area (Å²) in [4.78, 5) is 13.0. The molecule has 17 heteroatoms. The number of carbonyl (C=O) groups excluding carboxylic acids is 1. The molecule has 0 saturated heterocycles. The fourth-order valence-corrected chi connectivity index (χ4v) is 8.98. The van der Waals surface area contributed by atoms with Crippen molar-refractivity contribution in [2.75, 3.05) is 32.8 Å². The summed E-state index contributed by atoms with van der Waals surface area (Å²) in [6.45, 7) is 6.86. The van der Waals surface area contributed by atoms with Crippen LogP contribution in [0, 0.1) is 20.8 Å². The monoisotopic (exact) mass is 1140 g/mol. The largest absolute Gasteiger partial charge is 2.00 e. The van der Waals surface area contributed by atoms with E-state index in [2.05, 4.69) is 58.7 Å². The van der Waals surface area contributed by atoms with E-state index < -0.39 is 28.7 Å². The van der Waals surface area contributed by atoms with E-state index in [1.807, 2.05) is 171 Å². The van der Waals surface area contributed by atoms with E-state index in [9.17, 15) is 18.3 Å². The second-order valence-electron chi connectivity index (χ2n) is 17.7. The van der Waals surface area contributed by atoms with E-state index in [0.29, 0.717) is 30.3 Å². The zero-order chi connectivity index (χ0) is 54.6. The smallest absolute Gasteiger partial charge is 1.00 e. The van der Waals surface area contributed by atoms with Crippen molar-refractivity contribution in [2.24, 2.45) is 0 Å². The first-order valence-electron chi connectivity index (χ1n) is 24.9. The Labute approximate surface area is 486 Å². The quantitative estimate of drug-likeness (QED) is 0.115. The SMILES string of the molecule is COc1ccccc1.Cc1ccc(C2COc3cc(-n4nnc5ccccc54)ccc3C2(O)c2ccc(C)cc2)cc1.Cc1ccc(C2COc3cc(-n4nnc5ccccc54)ccc3C2=O)cc1.[2H]S(C)=O.[2H]S(C)=O.[Br-].[H-].[Mg+2]. The number of aliphatic hydroxyl groups is 1. The van der Waals surface area contributed by atoms with Gasteiger partial charge in [0, 0.05) is 53.3 Å². The minimum atomic E-state index is -1.36.